The van der Waals surface area contributed by atoms with Crippen molar-refractivity contribution in [2.75, 3.05) is 11.5 Å². The quantitative estimate of drug-likeness (QED) is 0.561. The second-order valence-electron chi connectivity index (χ2n) is 3.76. The minimum atomic E-state index is -3.96. The number of hydrogen-bond donors (Lipinski definition) is 1. The van der Waals surface area contributed by atoms with Gasteiger partial charge in [-0.3, -0.25) is 10.1 Å². The Morgan fingerprint density at radius 2 is 1.89 bits per heavy atom. The maximum Gasteiger partial charge on any atom is 0.287 e. The molecule has 0 aromatic carbocycles. The van der Waals surface area contributed by atoms with Crippen molar-refractivity contribution < 1.29 is 21.8 Å². The van der Waals surface area contributed by atoms with Gasteiger partial charge in [-0.1, -0.05) is 0 Å². The van der Waals surface area contributed by atoms with Crippen LogP contribution in [0.5, 0.6) is 0 Å². The number of primary sulfonamides is 1. The van der Waals surface area contributed by atoms with Gasteiger partial charge in [0.15, 0.2) is 14.9 Å². The Bertz CT molecular complexity index is 710. The average molecular weight is 309 g/mol. The summed E-state index contributed by atoms with van der Waals surface area (Å²) in [6.45, 7) is 1.34. The smallest absolute Gasteiger partial charge is 0.258 e. The van der Waals surface area contributed by atoms with Gasteiger partial charge in [0.25, 0.3) is 5.69 Å². The van der Waals surface area contributed by atoms with E-state index in [2.05, 4.69) is 4.98 Å². The van der Waals surface area contributed by atoms with Gasteiger partial charge in [-0.15, -0.1) is 0 Å². The Hall–Kier alpha value is -1.59. The maximum atomic E-state index is 11.8. The summed E-state index contributed by atoms with van der Waals surface area (Å²) in [6.07, 6.45) is 0.802. The van der Waals surface area contributed by atoms with E-state index in [0.29, 0.717) is 0 Å². The molecule has 2 N–H and O–H groups in total. The topological polar surface area (TPSA) is 150 Å². The molecule has 19 heavy (non-hydrogen) atoms. The van der Waals surface area contributed by atoms with E-state index in [0.717, 1.165) is 12.3 Å². The molecule has 9 nitrogen and oxygen atoms in total. The number of sulfone groups is 1. The van der Waals surface area contributed by atoms with E-state index in [1.54, 1.807) is 0 Å². The minimum Gasteiger partial charge on any atom is -0.258 e. The Kier molecular flexibility index (Phi) is 4.22. The van der Waals surface area contributed by atoms with Crippen LogP contribution in [-0.2, 0) is 19.9 Å². The molecule has 0 radical (unpaired) electrons. The lowest BCUT2D eigenvalue weighted by Crippen LogP contribution is -2.24. The van der Waals surface area contributed by atoms with Crippen molar-refractivity contribution in [3.63, 3.8) is 0 Å². The zero-order chi connectivity index (χ0) is 14.8. The lowest BCUT2D eigenvalue weighted by molar-refractivity contribution is -0.385. The predicted octanol–water partition coefficient (Wildman–Crippen LogP) is -0.640. The van der Waals surface area contributed by atoms with E-state index in [1.165, 1.54) is 6.92 Å². The molecular weight excluding hydrogens is 298 g/mol. The average Bonchev–Trinajstić information content (AvgIpc) is 2.25. The molecule has 0 bridgehead atoms. The van der Waals surface area contributed by atoms with Crippen molar-refractivity contribution in [3.8, 4) is 0 Å². The lowest BCUT2D eigenvalue weighted by atomic mass is 10.3. The Balaban J connectivity index is 3.12. The summed E-state index contributed by atoms with van der Waals surface area (Å²) in [5.41, 5.74) is -0.272. The first-order valence-corrected chi connectivity index (χ1v) is 8.24. The number of pyridine rings is 1. The number of aromatic nitrogens is 1. The summed E-state index contributed by atoms with van der Waals surface area (Å²) in [5.74, 6) is -1.47. The number of aryl methyl sites for hydroxylation is 1. The minimum absolute atomic E-state index is 0.0728. The molecule has 106 valence electrons. The van der Waals surface area contributed by atoms with Gasteiger partial charge in [-0.2, -0.15) is 0 Å². The molecule has 0 amide bonds. The molecule has 1 aromatic rings. The highest BCUT2D eigenvalue weighted by molar-refractivity contribution is 7.94. The van der Waals surface area contributed by atoms with Crippen LogP contribution in [0.4, 0.5) is 5.69 Å². The van der Waals surface area contributed by atoms with Crippen molar-refractivity contribution in [2.24, 2.45) is 5.14 Å². The molecule has 0 aliphatic carbocycles. The molecule has 0 saturated carbocycles. The molecule has 0 spiro atoms. The molecule has 0 fully saturated rings. The van der Waals surface area contributed by atoms with Crippen molar-refractivity contribution in [1.29, 1.82) is 0 Å². The summed E-state index contributed by atoms with van der Waals surface area (Å²) in [4.78, 5) is 13.3. The second-order valence-corrected chi connectivity index (χ2v) is 7.52. The molecule has 0 unspecified atom stereocenters. The highest BCUT2D eigenvalue weighted by atomic mass is 32.2. The van der Waals surface area contributed by atoms with Gasteiger partial charge in [0.2, 0.25) is 10.0 Å². The van der Waals surface area contributed by atoms with Crippen LogP contribution >= 0.6 is 0 Å². The standard InChI is InChI=1S/C8H11N3O6S2/c1-6-4-7(11(12)13)5-10-8(6)18(14,15)2-3-19(9,16)17/h4-5H,2-3H2,1H3,(H2,9,16,17). The van der Waals surface area contributed by atoms with Gasteiger partial charge in [0.05, 0.1) is 16.4 Å². The van der Waals surface area contributed by atoms with E-state index in [1.807, 2.05) is 0 Å². The summed E-state index contributed by atoms with van der Waals surface area (Å²) in [5, 5.41) is 14.8. The van der Waals surface area contributed by atoms with Crippen LogP contribution in [0, 0.1) is 17.0 Å². The van der Waals surface area contributed by atoms with E-state index in [4.69, 9.17) is 5.14 Å². The first-order valence-electron chi connectivity index (χ1n) is 4.87. The molecule has 1 aromatic heterocycles. The number of nitro groups is 1. The third-order valence-electron chi connectivity index (χ3n) is 2.16. The highest BCUT2D eigenvalue weighted by Crippen LogP contribution is 2.19. The number of sulfonamides is 1. The Morgan fingerprint density at radius 1 is 1.32 bits per heavy atom. The van der Waals surface area contributed by atoms with Crippen LogP contribution in [0.1, 0.15) is 5.56 Å². The third kappa shape index (κ3) is 4.22. The van der Waals surface area contributed by atoms with Crippen LogP contribution in [-0.4, -0.2) is 38.2 Å². The molecule has 0 aliphatic heterocycles. The first-order chi connectivity index (χ1) is 8.53. The monoisotopic (exact) mass is 309 g/mol. The summed E-state index contributed by atoms with van der Waals surface area (Å²) in [7, 11) is -7.87. The number of nitrogens with two attached hydrogens (primary N) is 1. The van der Waals surface area contributed by atoms with Gasteiger partial charge in [0.1, 0.15) is 6.20 Å². The van der Waals surface area contributed by atoms with Crippen LogP contribution in [0.2, 0.25) is 0 Å². The van der Waals surface area contributed by atoms with Gasteiger partial charge in [-0.25, -0.2) is 27.0 Å². The van der Waals surface area contributed by atoms with E-state index >= 15 is 0 Å². The third-order valence-corrected chi connectivity index (χ3v) is 4.95. The van der Waals surface area contributed by atoms with E-state index in [-0.39, 0.29) is 16.3 Å². The number of hydrogen-bond acceptors (Lipinski definition) is 7. The zero-order valence-corrected chi connectivity index (χ0v) is 11.4. The normalized spacial score (nSPS) is 12.3. The van der Waals surface area contributed by atoms with Gasteiger partial charge < -0.3 is 0 Å². The molecule has 11 heteroatoms. The molecular formula is C8H11N3O6S2. The summed E-state index contributed by atoms with van der Waals surface area (Å²) >= 11 is 0. The lowest BCUT2D eigenvalue weighted by Gasteiger charge is -2.05. The fourth-order valence-electron chi connectivity index (χ4n) is 1.30. The van der Waals surface area contributed by atoms with E-state index < -0.39 is 36.3 Å². The number of rotatable bonds is 5. The molecule has 0 atom stereocenters. The van der Waals surface area contributed by atoms with Crippen molar-refractivity contribution in [3.05, 3.63) is 27.9 Å². The van der Waals surface area contributed by atoms with Crippen LogP contribution < -0.4 is 5.14 Å². The van der Waals surface area contributed by atoms with Crippen LogP contribution in [0.15, 0.2) is 17.3 Å². The fourth-order valence-corrected chi connectivity index (χ4v) is 4.06. The van der Waals surface area contributed by atoms with Gasteiger partial charge >= 0.3 is 0 Å². The van der Waals surface area contributed by atoms with E-state index in [9.17, 15) is 26.9 Å². The van der Waals surface area contributed by atoms with Gasteiger partial charge in [0, 0.05) is 6.07 Å². The zero-order valence-electron chi connectivity index (χ0n) is 9.81. The van der Waals surface area contributed by atoms with Crippen molar-refractivity contribution in [2.45, 2.75) is 11.9 Å². The summed E-state index contributed by atoms with van der Waals surface area (Å²) < 4.78 is 45.1. The predicted molar refractivity (Wildman–Crippen MR) is 65.7 cm³/mol. The first kappa shape index (κ1) is 15.5. The SMILES string of the molecule is Cc1cc([N+](=O)[O-])cnc1S(=O)(=O)CCS(N)(=O)=O. The second kappa shape index (κ2) is 5.19. The Labute approximate surface area is 109 Å². The number of nitrogens with zero attached hydrogens (tertiary/aromatic N) is 2. The van der Waals surface area contributed by atoms with Crippen LogP contribution in [0.3, 0.4) is 0 Å². The Morgan fingerprint density at radius 3 is 2.32 bits per heavy atom. The highest BCUT2D eigenvalue weighted by Gasteiger charge is 2.23. The summed E-state index contributed by atoms with van der Waals surface area (Å²) in [6, 6.07) is 1.05. The van der Waals surface area contributed by atoms with Crippen LogP contribution in [0.25, 0.3) is 0 Å². The van der Waals surface area contributed by atoms with Gasteiger partial charge in [-0.05, 0) is 12.5 Å². The molecule has 0 saturated heterocycles. The van der Waals surface area contributed by atoms with Crippen molar-refractivity contribution >= 4 is 25.5 Å². The molecule has 1 heterocycles. The molecule has 0 aliphatic rings. The fraction of sp³-hybridized carbons (Fsp3) is 0.375. The van der Waals surface area contributed by atoms with Crippen molar-refractivity contribution in [1.82, 2.24) is 4.98 Å². The maximum absolute atomic E-state index is 11.8. The molecule has 1 rings (SSSR count). The largest absolute Gasteiger partial charge is 0.287 e.